The first-order valence-electron chi connectivity index (χ1n) is 8.41. The van der Waals surface area contributed by atoms with Gasteiger partial charge in [0.25, 0.3) is 11.2 Å². The Labute approximate surface area is 182 Å². The number of non-ortho nitro benzene ring substituents is 1. The van der Waals surface area contributed by atoms with E-state index in [1.54, 1.807) is 12.1 Å². The van der Waals surface area contributed by atoms with Crippen molar-refractivity contribution < 1.29 is 13.7 Å². The van der Waals surface area contributed by atoms with Crippen molar-refractivity contribution >= 4 is 40.0 Å². The molecule has 10 heteroatoms. The summed E-state index contributed by atoms with van der Waals surface area (Å²) >= 11 is 3.19. The topological polar surface area (TPSA) is 88.9 Å². The summed E-state index contributed by atoms with van der Waals surface area (Å²) in [6, 6.07) is 9.48. The second-order valence-electron chi connectivity index (χ2n) is 6.11. The lowest BCUT2D eigenvalue weighted by molar-refractivity contribution is -0.384. The van der Waals surface area contributed by atoms with Gasteiger partial charge in [-0.25, -0.2) is 13.8 Å². The highest BCUT2D eigenvalue weighted by molar-refractivity contribution is 14.1. The zero-order valence-corrected chi connectivity index (χ0v) is 17.8. The Morgan fingerprint density at radius 2 is 1.76 bits per heavy atom. The fourth-order valence-electron chi connectivity index (χ4n) is 2.62. The Hall–Kier alpha value is -2.34. The summed E-state index contributed by atoms with van der Waals surface area (Å²) in [6.07, 6.45) is 0.760. The Morgan fingerprint density at radius 1 is 1.10 bits per heavy atom. The molecule has 0 spiro atoms. The molecular formula is C19H14F2IN3O3S. The molecule has 0 saturated carbocycles. The number of hydrogen-bond donors (Lipinski definition) is 1. The minimum Gasteiger partial charge on any atom is -0.301 e. The fourth-order valence-corrected chi connectivity index (χ4v) is 3.94. The van der Waals surface area contributed by atoms with Gasteiger partial charge in [-0.1, -0.05) is 23.9 Å². The van der Waals surface area contributed by atoms with Gasteiger partial charge in [-0.2, -0.15) is 0 Å². The van der Waals surface area contributed by atoms with Crippen LogP contribution >= 0.6 is 34.4 Å². The summed E-state index contributed by atoms with van der Waals surface area (Å²) in [4.78, 5) is 29.5. The van der Waals surface area contributed by atoms with E-state index in [1.165, 1.54) is 36.0 Å². The van der Waals surface area contributed by atoms with E-state index in [0.717, 1.165) is 11.6 Å². The van der Waals surface area contributed by atoms with Crippen LogP contribution in [0.4, 0.5) is 14.5 Å². The van der Waals surface area contributed by atoms with Crippen molar-refractivity contribution in [2.45, 2.75) is 18.0 Å². The minimum atomic E-state index is -0.683. The van der Waals surface area contributed by atoms with E-state index < -0.39 is 16.6 Å². The van der Waals surface area contributed by atoms with Gasteiger partial charge in [-0.15, -0.1) is 0 Å². The molecule has 0 bridgehead atoms. The number of aryl methyl sites for hydroxylation is 1. The lowest BCUT2D eigenvalue weighted by Gasteiger charge is -2.07. The largest absolute Gasteiger partial charge is 0.301 e. The van der Waals surface area contributed by atoms with Crippen LogP contribution < -0.4 is 5.56 Å². The zero-order chi connectivity index (χ0) is 21.0. The molecule has 0 unspecified atom stereocenters. The van der Waals surface area contributed by atoms with Crippen molar-refractivity contribution in [1.82, 2.24) is 9.97 Å². The van der Waals surface area contributed by atoms with Gasteiger partial charge in [0.2, 0.25) is 0 Å². The van der Waals surface area contributed by atoms with E-state index >= 15 is 0 Å². The molecule has 1 heterocycles. The Kier molecular flexibility index (Phi) is 6.96. The molecule has 0 radical (unpaired) electrons. The molecule has 1 aromatic heterocycles. The lowest BCUT2D eigenvalue weighted by Crippen LogP contribution is -2.16. The number of nitro benzene ring substituents is 1. The van der Waals surface area contributed by atoms with E-state index in [-0.39, 0.29) is 17.7 Å². The molecule has 150 valence electrons. The fraction of sp³-hybridized carbons (Fsp3) is 0.158. The van der Waals surface area contributed by atoms with E-state index in [0.29, 0.717) is 32.2 Å². The molecule has 29 heavy (non-hydrogen) atoms. The van der Waals surface area contributed by atoms with Crippen molar-refractivity contribution in [2.75, 3.05) is 5.75 Å². The highest BCUT2D eigenvalue weighted by atomic mass is 127. The quantitative estimate of drug-likeness (QED) is 0.160. The molecule has 0 aliphatic rings. The van der Waals surface area contributed by atoms with Crippen molar-refractivity contribution in [3.8, 4) is 0 Å². The smallest absolute Gasteiger partial charge is 0.269 e. The summed E-state index contributed by atoms with van der Waals surface area (Å²) in [6.45, 7) is 0. The maximum atomic E-state index is 13.4. The van der Waals surface area contributed by atoms with Crippen LogP contribution in [0.1, 0.15) is 16.8 Å². The highest BCUT2D eigenvalue weighted by Crippen LogP contribution is 2.20. The molecule has 0 fully saturated rings. The van der Waals surface area contributed by atoms with Crippen molar-refractivity contribution in [2.24, 2.45) is 0 Å². The Balaban J connectivity index is 1.70. The molecular weight excluding hydrogens is 515 g/mol. The SMILES string of the molecule is O=c1[nH]c(SCCc2ccc([N+](=O)[O-])cc2)nc(Cc2cc(F)cc(F)c2)c1I. The van der Waals surface area contributed by atoms with Crippen LogP contribution in [0.15, 0.2) is 52.4 Å². The Morgan fingerprint density at radius 3 is 2.38 bits per heavy atom. The average Bonchev–Trinajstić information content (AvgIpc) is 2.65. The molecule has 1 N–H and O–H groups in total. The number of nitrogens with one attached hydrogen (secondary N) is 1. The molecule has 0 saturated heterocycles. The van der Waals surface area contributed by atoms with Crippen molar-refractivity contribution in [3.63, 3.8) is 0 Å². The van der Waals surface area contributed by atoms with E-state index in [9.17, 15) is 23.7 Å². The number of nitro groups is 1. The van der Waals surface area contributed by atoms with Crippen LogP contribution in [0.5, 0.6) is 0 Å². The first-order valence-corrected chi connectivity index (χ1v) is 10.5. The maximum absolute atomic E-state index is 13.4. The number of rotatable bonds is 7. The second kappa shape index (κ2) is 9.44. The predicted molar refractivity (Wildman–Crippen MR) is 114 cm³/mol. The summed E-state index contributed by atoms with van der Waals surface area (Å²) in [7, 11) is 0. The predicted octanol–water partition coefficient (Wildman–Crippen LogP) is 4.49. The van der Waals surface area contributed by atoms with Crippen molar-refractivity contribution in [3.05, 3.63) is 95.0 Å². The van der Waals surface area contributed by atoms with Gasteiger partial charge in [0.15, 0.2) is 5.16 Å². The molecule has 0 amide bonds. The second-order valence-corrected chi connectivity index (χ2v) is 8.27. The van der Waals surface area contributed by atoms with E-state index in [2.05, 4.69) is 9.97 Å². The number of H-pyrrole nitrogens is 1. The molecule has 3 rings (SSSR count). The number of nitrogens with zero attached hydrogens (tertiary/aromatic N) is 2. The molecule has 6 nitrogen and oxygen atoms in total. The van der Waals surface area contributed by atoms with Gasteiger partial charge in [0.05, 0.1) is 10.6 Å². The van der Waals surface area contributed by atoms with Crippen LogP contribution in [0.3, 0.4) is 0 Å². The van der Waals surface area contributed by atoms with Gasteiger partial charge in [-0.3, -0.25) is 14.9 Å². The number of aromatic amines is 1. The van der Waals surface area contributed by atoms with Gasteiger partial charge in [0.1, 0.15) is 15.2 Å². The Bertz CT molecular complexity index is 1090. The molecule has 0 atom stereocenters. The summed E-state index contributed by atoms with van der Waals surface area (Å²) < 4.78 is 27.2. The zero-order valence-electron chi connectivity index (χ0n) is 14.8. The van der Waals surface area contributed by atoms with E-state index in [4.69, 9.17) is 0 Å². The maximum Gasteiger partial charge on any atom is 0.269 e. The standard InChI is InChI=1S/C19H14F2IN3O3S/c20-13-7-12(8-14(21)10-13)9-16-17(22)18(26)24-19(23-16)29-6-5-11-1-3-15(4-2-11)25(27)28/h1-4,7-8,10H,5-6,9H2,(H,23,24,26). The highest BCUT2D eigenvalue weighted by Gasteiger charge is 2.12. The number of aromatic nitrogens is 2. The number of halogens is 3. The van der Waals surface area contributed by atoms with Gasteiger partial charge < -0.3 is 4.98 Å². The van der Waals surface area contributed by atoms with E-state index in [1.807, 2.05) is 22.6 Å². The molecule has 3 aromatic rings. The third kappa shape index (κ3) is 5.82. The summed E-state index contributed by atoms with van der Waals surface area (Å²) in [5.41, 5.74) is 1.47. The van der Waals surface area contributed by atoms with Crippen LogP contribution in [-0.4, -0.2) is 20.6 Å². The lowest BCUT2D eigenvalue weighted by atomic mass is 10.1. The number of thioether (sulfide) groups is 1. The van der Waals surface area contributed by atoms with Gasteiger partial charge in [-0.05, 0) is 52.3 Å². The summed E-state index contributed by atoms with van der Waals surface area (Å²) in [5, 5.41) is 11.1. The number of hydrogen-bond acceptors (Lipinski definition) is 5. The van der Waals surface area contributed by atoms with Crippen molar-refractivity contribution in [1.29, 1.82) is 0 Å². The molecule has 2 aromatic carbocycles. The third-order valence-electron chi connectivity index (χ3n) is 3.98. The summed E-state index contributed by atoms with van der Waals surface area (Å²) in [5.74, 6) is -0.773. The van der Waals surface area contributed by atoms with Crippen LogP contribution in [0.25, 0.3) is 0 Å². The first-order chi connectivity index (χ1) is 13.8. The number of benzene rings is 2. The molecule has 0 aliphatic carbocycles. The average molecular weight is 529 g/mol. The van der Waals surface area contributed by atoms with Crippen LogP contribution in [-0.2, 0) is 12.8 Å². The first kappa shape index (κ1) is 21.4. The van der Waals surface area contributed by atoms with Gasteiger partial charge >= 0.3 is 0 Å². The van der Waals surface area contributed by atoms with Crippen LogP contribution in [0.2, 0.25) is 0 Å². The molecule has 0 aliphatic heterocycles. The van der Waals surface area contributed by atoms with Crippen LogP contribution in [0, 0.1) is 25.3 Å². The third-order valence-corrected chi connectivity index (χ3v) is 5.97. The minimum absolute atomic E-state index is 0.0310. The van der Waals surface area contributed by atoms with Gasteiger partial charge in [0, 0.05) is 30.4 Å². The monoisotopic (exact) mass is 529 g/mol. The normalized spacial score (nSPS) is 10.9.